The normalized spacial score (nSPS) is 12.8. The van der Waals surface area contributed by atoms with E-state index in [0.717, 1.165) is 11.7 Å². The lowest BCUT2D eigenvalue weighted by atomic mass is 9.90. The maximum atomic E-state index is 5.32. The maximum absolute atomic E-state index is 5.32. The standard InChI is InChI=1S/C16H27NO/c1-6-13(7-2)11-15(17-4)14-8-9-16(18-5)12(3)10-14/h8-10,13,15,17H,6-7,11H2,1-5H3. The van der Waals surface area contributed by atoms with E-state index in [2.05, 4.69) is 44.3 Å². The summed E-state index contributed by atoms with van der Waals surface area (Å²) < 4.78 is 5.32. The fraction of sp³-hybridized carbons (Fsp3) is 0.625. The Balaban J connectivity index is 2.84. The molecule has 1 rings (SSSR count). The van der Waals surface area contributed by atoms with Crippen molar-refractivity contribution in [2.45, 2.75) is 46.1 Å². The van der Waals surface area contributed by atoms with Crippen LogP contribution in [0.15, 0.2) is 18.2 Å². The highest BCUT2D eigenvalue weighted by molar-refractivity contribution is 5.37. The van der Waals surface area contributed by atoms with E-state index in [-0.39, 0.29) is 0 Å². The summed E-state index contributed by atoms with van der Waals surface area (Å²) in [5.41, 5.74) is 2.57. The summed E-state index contributed by atoms with van der Waals surface area (Å²) in [5, 5.41) is 3.44. The van der Waals surface area contributed by atoms with Gasteiger partial charge in [-0.1, -0.05) is 38.8 Å². The molecule has 0 spiro atoms. The number of hydrogen-bond donors (Lipinski definition) is 1. The van der Waals surface area contributed by atoms with Crippen LogP contribution in [0.3, 0.4) is 0 Å². The van der Waals surface area contributed by atoms with Crippen LogP contribution in [0.4, 0.5) is 0 Å². The second-order valence-electron chi connectivity index (χ2n) is 4.99. The van der Waals surface area contributed by atoms with E-state index >= 15 is 0 Å². The molecule has 0 aliphatic heterocycles. The van der Waals surface area contributed by atoms with Crippen molar-refractivity contribution in [3.05, 3.63) is 29.3 Å². The molecule has 2 nitrogen and oxygen atoms in total. The molecule has 18 heavy (non-hydrogen) atoms. The highest BCUT2D eigenvalue weighted by atomic mass is 16.5. The van der Waals surface area contributed by atoms with Crippen molar-refractivity contribution in [3.63, 3.8) is 0 Å². The Morgan fingerprint density at radius 3 is 2.33 bits per heavy atom. The van der Waals surface area contributed by atoms with E-state index < -0.39 is 0 Å². The molecule has 0 aliphatic rings. The second-order valence-corrected chi connectivity index (χ2v) is 4.99. The summed E-state index contributed by atoms with van der Waals surface area (Å²) in [6.45, 7) is 6.66. The molecule has 0 radical (unpaired) electrons. The molecule has 0 saturated carbocycles. The molecule has 0 bridgehead atoms. The third kappa shape index (κ3) is 3.74. The van der Waals surface area contributed by atoms with Gasteiger partial charge in [0.25, 0.3) is 0 Å². The van der Waals surface area contributed by atoms with Crippen molar-refractivity contribution in [1.29, 1.82) is 0 Å². The third-order valence-corrected chi connectivity index (χ3v) is 3.89. The fourth-order valence-corrected chi connectivity index (χ4v) is 2.49. The van der Waals surface area contributed by atoms with Crippen molar-refractivity contribution in [2.75, 3.05) is 14.2 Å². The maximum Gasteiger partial charge on any atom is 0.121 e. The zero-order valence-electron chi connectivity index (χ0n) is 12.4. The average Bonchev–Trinajstić information content (AvgIpc) is 2.40. The Morgan fingerprint density at radius 2 is 1.89 bits per heavy atom. The third-order valence-electron chi connectivity index (χ3n) is 3.89. The molecule has 0 aromatic heterocycles. The molecule has 2 heteroatoms. The second kappa shape index (κ2) is 7.42. The first-order valence-electron chi connectivity index (χ1n) is 6.97. The number of aryl methyl sites for hydroxylation is 1. The topological polar surface area (TPSA) is 21.3 Å². The lowest BCUT2D eigenvalue weighted by Gasteiger charge is -2.22. The van der Waals surface area contributed by atoms with E-state index in [1.807, 2.05) is 7.05 Å². The van der Waals surface area contributed by atoms with E-state index in [0.29, 0.717) is 6.04 Å². The molecule has 0 amide bonds. The summed E-state index contributed by atoms with van der Waals surface area (Å²) in [5.74, 6) is 1.76. The number of benzene rings is 1. The molecule has 1 N–H and O–H groups in total. The van der Waals surface area contributed by atoms with E-state index in [4.69, 9.17) is 4.74 Å². The van der Waals surface area contributed by atoms with Crippen molar-refractivity contribution in [2.24, 2.45) is 5.92 Å². The molecule has 1 atom stereocenters. The van der Waals surface area contributed by atoms with Crippen LogP contribution in [0.25, 0.3) is 0 Å². The Labute approximate surface area is 112 Å². The van der Waals surface area contributed by atoms with Gasteiger partial charge >= 0.3 is 0 Å². The van der Waals surface area contributed by atoms with Gasteiger partial charge in [0.05, 0.1) is 7.11 Å². The van der Waals surface area contributed by atoms with Gasteiger partial charge in [0.15, 0.2) is 0 Å². The molecule has 0 heterocycles. The predicted octanol–water partition coefficient (Wildman–Crippen LogP) is 4.09. The van der Waals surface area contributed by atoms with Crippen LogP contribution in [-0.4, -0.2) is 14.2 Å². The zero-order chi connectivity index (χ0) is 13.5. The highest BCUT2D eigenvalue weighted by Gasteiger charge is 2.15. The minimum Gasteiger partial charge on any atom is -0.496 e. The lowest BCUT2D eigenvalue weighted by molar-refractivity contribution is 0.384. The minimum absolute atomic E-state index is 0.444. The number of ether oxygens (including phenoxy) is 1. The number of rotatable bonds is 7. The summed E-state index contributed by atoms with van der Waals surface area (Å²) in [6.07, 6.45) is 3.71. The summed E-state index contributed by atoms with van der Waals surface area (Å²) in [6, 6.07) is 6.93. The van der Waals surface area contributed by atoms with Gasteiger partial charge in [0.1, 0.15) is 5.75 Å². The van der Waals surface area contributed by atoms with Crippen LogP contribution in [-0.2, 0) is 0 Å². The molecule has 1 unspecified atom stereocenters. The van der Waals surface area contributed by atoms with Crippen LogP contribution < -0.4 is 10.1 Å². The average molecular weight is 249 g/mol. The van der Waals surface area contributed by atoms with Gasteiger partial charge in [-0.25, -0.2) is 0 Å². The fourth-order valence-electron chi connectivity index (χ4n) is 2.49. The molecule has 0 fully saturated rings. The van der Waals surface area contributed by atoms with Gasteiger partial charge in [-0.05, 0) is 43.5 Å². The number of hydrogen-bond acceptors (Lipinski definition) is 2. The minimum atomic E-state index is 0.444. The summed E-state index contributed by atoms with van der Waals surface area (Å²) in [4.78, 5) is 0. The van der Waals surface area contributed by atoms with Gasteiger partial charge in [-0.2, -0.15) is 0 Å². The van der Waals surface area contributed by atoms with Crippen molar-refractivity contribution < 1.29 is 4.74 Å². The van der Waals surface area contributed by atoms with Crippen LogP contribution in [0.2, 0.25) is 0 Å². The molecule has 1 aromatic carbocycles. The van der Waals surface area contributed by atoms with Gasteiger partial charge in [-0.3, -0.25) is 0 Å². The zero-order valence-corrected chi connectivity index (χ0v) is 12.4. The molecular weight excluding hydrogens is 222 g/mol. The molecule has 0 aliphatic carbocycles. The Kier molecular flexibility index (Phi) is 6.20. The van der Waals surface area contributed by atoms with Gasteiger partial charge in [0, 0.05) is 6.04 Å². The van der Waals surface area contributed by atoms with Crippen LogP contribution in [0, 0.1) is 12.8 Å². The molecule has 1 aromatic rings. The number of nitrogens with one attached hydrogen (secondary N) is 1. The smallest absolute Gasteiger partial charge is 0.121 e. The number of methoxy groups -OCH3 is 1. The first-order valence-corrected chi connectivity index (χ1v) is 6.97. The summed E-state index contributed by atoms with van der Waals surface area (Å²) >= 11 is 0. The van der Waals surface area contributed by atoms with Gasteiger partial charge in [0.2, 0.25) is 0 Å². The monoisotopic (exact) mass is 249 g/mol. The highest BCUT2D eigenvalue weighted by Crippen LogP contribution is 2.28. The quantitative estimate of drug-likeness (QED) is 0.786. The van der Waals surface area contributed by atoms with Crippen molar-refractivity contribution >= 4 is 0 Å². The van der Waals surface area contributed by atoms with Crippen LogP contribution in [0.5, 0.6) is 5.75 Å². The molecular formula is C16H27NO. The molecule has 0 saturated heterocycles. The van der Waals surface area contributed by atoms with Crippen molar-refractivity contribution in [1.82, 2.24) is 5.32 Å². The van der Waals surface area contributed by atoms with Crippen LogP contribution in [0.1, 0.15) is 50.3 Å². The Morgan fingerprint density at radius 1 is 1.22 bits per heavy atom. The predicted molar refractivity (Wildman–Crippen MR) is 78.2 cm³/mol. The van der Waals surface area contributed by atoms with E-state index in [9.17, 15) is 0 Å². The Bertz CT molecular complexity index is 358. The van der Waals surface area contributed by atoms with Crippen molar-refractivity contribution in [3.8, 4) is 5.75 Å². The van der Waals surface area contributed by atoms with Gasteiger partial charge in [-0.15, -0.1) is 0 Å². The summed E-state index contributed by atoms with van der Waals surface area (Å²) in [7, 11) is 3.77. The van der Waals surface area contributed by atoms with E-state index in [1.54, 1.807) is 7.11 Å². The lowest BCUT2D eigenvalue weighted by Crippen LogP contribution is -2.19. The SMILES string of the molecule is CCC(CC)CC(NC)c1ccc(OC)c(C)c1. The largest absolute Gasteiger partial charge is 0.496 e. The Hall–Kier alpha value is -1.02. The van der Waals surface area contributed by atoms with Crippen LogP contribution >= 0.6 is 0 Å². The first kappa shape index (κ1) is 15.0. The molecule has 102 valence electrons. The van der Waals surface area contributed by atoms with Gasteiger partial charge < -0.3 is 10.1 Å². The van der Waals surface area contributed by atoms with E-state index in [1.165, 1.54) is 30.4 Å². The first-order chi connectivity index (χ1) is 8.65.